The van der Waals surface area contributed by atoms with Gasteiger partial charge in [-0.05, 0) is 85.2 Å². The zero-order valence-electron chi connectivity index (χ0n) is 26.7. The van der Waals surface area contributed by atoms with E-state index in [1.165, 1.54) is 28.5 Å². The average molecular weight is 604 g/mol. The second kappa shape index (κ2) is 14.0. The van der Waals surface area contributed by atoms with Gasteiger partial charge in [0.05, 0.1) is 11.8 Å². The van der Waals surface area contributed by atoms with E-state index < -0.39 is 0 Å². The summed E-state index contributed by atoms with van der Waals surface area (Å²) in [6.07, 6.45) is 6.28. The summed E-state index contributed by atoms with van der Waals surface area (Å²) < 4.78 is 5.80. The van der Waals surface area contributed by atoms with Crippen molar-refractivity contribution in [3.8, 4) is 5.75 Å². The molecule has 1 aromatic heterocycles. The molecule has 1 aliphatic heterocycles. The molecule has 5 rings (SSSR count). The molecule has 0 saturated carbocycles. The maximum absolute atomic E-state index is 12.9. The Hall–Kier alpha value is -2.61. The number of hydrogen-bond donors (Lipinski definition) is 2. The number of ketones is 1. The van der Waals surface area contributed by atoms with Crippen LogP contribution in [0, 0.1) is 18.8 Å². The molecule has 1 fully saturated rings. The molecule has 0 unspecified atom stereocenters. The maximum Gasteiger partial charge on any atom is 0.321 e. The normalized spacial score (nSPS) is 20.9. The molecule has 2 aliphatic rings. The van der Waals surface area contributed by atoms with Gasteiger partial charge in [0, 0.05) is 47.6 Å². The number of esters is 1. The number of thioether (sulfide) groups is 1. The number of fused-ring (bicyclic) bond motifs is 2. The minimum absolute atomic E-state index is 0.0242. The van der Waals surface area contributed by atoms with Crippen molar-refractivity contribution in [3.05, 3.63) is 64.8 Å². The first kappa shape index (κ1) is 31.8. The van der Waals surface area contributed by atoms with Gasteiger partial charge in [-0.2, -0.15) is 0 Å². The summed E-state index contributed by atoms with van der Waals surface area (Å²) in [4.78, 5) is 31.8. The van der Waals surface area contributed by atoms with Crippen LogP contribution in [0.3, 0.4) is 0 Å². The van der Waals surface area contributed by atoms with E-state index in [2.05, 4.69) is 60.4 Å². The zero-order valence-corrected chi connectivity index (χ0v) is 27.6. The van der Waals surface area contributed by atoms with Crippen molar-refractivity contribution in [2.45, 2.75) is 91.3 Å². The summed E-state index contributed by atoms with van der Waals surface area (Å²) in [7, 11) is 0. The van der Waals surface area contributed by atoms with Gasteiger partial charge in [0.25, 0.3) is 0 Å². The Morgan fingerprint density at radius 1 is 1.16 bits per heavy atom. The van der Waals surface area contributed by atoms with E-state index in [4.69, 9.17) is 4.74 Å². The number of aromatic nitrogens is 1. The Bertz CT molecular complexity index is 1430. The van der Waals surface area contributed by atoms with Crippen LogP contribution >= 0.6 is 11.8 Å². The number of piperidine rings is 1. The number of Topliss-reactive ketones (excluding diaryl/α,β-unsaturated/α-hetero) is 1. The third-order valence-electron chi connectivity index (χ3n) is 9.10. The lowest BCUT2D eigenvalue weighted by molar-refractivity contribution is -0.131. The van der Waals surface area contributed by atoms with Crippen LogP contribution in [0.4, 0.5) is 0 Å². The monoisotopic (exact) mass is 603 g/mol. The van der Waals surface area contributed by atoms with Crippen LogP contribution in [0.5, 0.6) is 5.75 Å². The summed E-state index contributed by atoms with van der Waals surface area (Å²) in [5.41, 5.74) is 6.20. The van der Waals surface area contributed by atoms with Gasteiger partial charge in [-0.25, -0.2) is 0 Å². The number of nitrogens with one attached hydrogen (secondary N) is 2. The number of likely N-dealkylation sites (tertiary alicyclic amines) is 1. The third-order valence-corrected chi connectivity index (χ3v) is 10.2. The van der Waals surface area contributed by atoms with Crippen LogP contribution in [-0.2, 0) is 22.4 Å². The van der Waals surface area contributed by atoms with Gasteiger partial charge < -0.3 is 15.0 Å². The number of carbonyl (C=O) groups is 2. The minimum Gasteiger partial charge on any atom is -0.426 e. The van der Waals surface area contributed by atoms with Crippen molar-refractivity contribution in [2.75, 3.05) is 24.6 Å². The molecule has 232 valence electrons. The first-order valence-electron chi connectivity index (χ1n) is 16.1. The third kappa shape index (κ3) is 7.38. The topological polar surface area (TPSA) is 74.4 Å². The van der Waals surface area contributed by atoms with E-state index in [9.17, 15) is 9.59 Å². The van der Waals surface area contributed by atoms with E-state index in [0.717, 1.165) is 42.8 Å². The molecule has 0 spiro atoms. The van der Waals surface area contributed by atoms with E-state index >= 15 is 0 Å². The Labute approximate surface area is 261 Å². The molecule has 3 aromatic rings. The SMILES string of the molecule is CCCN1C[C@H](CSCC(=O)Oc2ccc(C[C@H](NC(C)C)C(=O)C(C)C)cc2C)C[C@@H]2c3cccc4[nH]cc(c34)C[C@H]21. The predicted octanol–water partition coefficient (Wildman–Crippen LogP) is 6.69. The van der Waals surface area contributed by atoms with Gasteiger partial charge in [-0.3, -0.25) is 14.5 Å². The molecule has 1 aliphatic carbocycles. The van der Waals surface area contributed by atoms with Crippen LogP contribution in [0.1, 0.15) is 75.6 Å². The second-order valence-electron chi connectivity index (χ2n) is 13.3. The van der Waals surface area contributed by atoms with Crippen LogP contribution < -0.4 is 10.1 Å². The molecule has 0 radical (unpaired) electrons. The van der Waals surface area contributed by atoms with Crippen molar-refractivity contribution >= 4 is 34.4 Å². The molecule has 6 nitrogen and oxygen atoms in total. The van der Waals surface area contributed by atoms with Crippen LogP contribution in [-0.4, -0.2) is 64.4 Å². The van der Waals surface area contributed by atoms with Gasteiger partial charge in [-0.1, -0.05) is 58.9 Å². The number of hydrogen-bond acceptors (Lipinski definition) is 6. The summed E-state index contributed by atoms with van der Waals surface area (Å²) in [6, 6.07) is 13.2. The Kier molecular flexibility index (Phi) is 10.4. The smallest absolute Gasteiger partial charge is 0.321 e. The highest BCUT2D eigenvalue weighted by atomic mass is 32.2. The van der Waals surface area contributed by atoms with Gasteiger partial charge in [0.1, 0.15) is 5.75 Å². The average Bonchev–Trinajstić information content (AvgIpc) is 3.38. The molecular formula is C36H49N3O3S. The number of aromatic amines is 1. The van der Waals surface area contributed by atoms with Gasteiger partial charge in [0.2, 0.25) is 0 Å². The highest BCUT2D eigenvalue weighted by Crippen LogP contribution is 2.45. The number of ether oxygens (including phenoxy) is 1. The molecule has 1 saturated heterocycles. The Balaban J connectivity index is 1.16. The number of nitrogens with zero attached hydrogens (tertiary/aromatic N) is 1. The van der Waals surface area contributed by atoms with Crippen molar-refractivity contribution in [1.29, 1.82) is 0 Å². The first-order chi connectivity index (χ1) is 20.6. The van der Waals surface area contributed by atoms with Crippen molar-refractivity contribution in [1.82, 2.24) is 15.2 Å². The molecular weight excluding hydrogens is 554 g/mol. The lowest BCUT2D eigenvalue weighted by Crippen LogP contribution is -2.50. The summed E-state index contributed by atoms with van der Waals surface area (Å²) in [5, 5.41) is 4.86. The fraction of sp³-hybridized carbons (Fsp3) is 0.556. The predicted molar refractivity (Wildman–Crippen MR) is 178 cm³/mol. The quantitative estimate of drug-likeness (QED) is 0.168. The van der Waals surface area contributed by atoms with Crippen LogP contribution in [0.25, 0.3) is 10.9 Å². The lowest BCUT2D eigenvalue weighted by atomic mass is 9.72. The molecule has 2 aromatic carbocycles. The van der Waals surface area contributed by atoms with Crippen molar-refractivity contribution < 1.29 is 14.3 Å². The first-order valence-corrected chi connectivity index (χ1v) is 17.3. The molecule has 4 atom stereocenters. The fourth-order valence-corrected chi connectivity index (χ4v) is 8.18. The molecule has 2 heterocycles. The van der Waals surface area contributed by atoms with E-state index in [1.807, 2.05) is 39.0 Å². The van der Waals surface area contributed by atoms with E-state index in [1.54, 1.807) is 11.8 Å². The van der Waals surface area contributed by atoms with Crippen molar-refractivity contribution in [3.63, 3.8) is 0 Å². The highest BCUT2D eigenvalue weighted by molar-refractivity contribution is 7.99. The maximum atomic E-state index is 12.9. The number of aryl methyl sites for hydroxylation is 1. The summed E-state index contributed by atoms with van der Waals surface area (Å²) in [5.74, 6) is 2.99. The highest BCUT2D eigenvalue weighted by Gasteiger charge is 2.40. The van der Waals surface area contributed by atoms with Gasteiger partial charge in [0.15, 0.2) is 5.78 Å². The largest absolute Gasteiger partial charge is 0.426 e. The standard InChI is InChI=1S/C36H49N3O3S/c1-7-13-39-19-26(15-29-28-9-8-10-30-35(28)27(18-37-30)17-32(29)39)20-43-21-34(40)42-33-12-11-25(14-24(33)6)16-31(38-23(4)5)36(41)22(2)3/h8-12,14,18,22-23,26,29,31-32,37-38H,7,13,15-17,19-21H2,1-6H3/t26-,29-,31+,32-/m1/s1. The van der Waals surface area contributed by atoms with Crippen LogP contribution in [0.2, 0.25) is 0 Å². The number of rotatable bonds is 13. The van der Waals surface area contributed by atoms with Gasteiger partial charge >= 0.3 is 5.97 Å². The number of benzene rings is 2. The van der Waals surface area contributed by atoms with E-state index in [0.29, 0.717) is 35.8 Å². The molecule has 0 amide bonds. The fourth-order valence-electron chi connectivity index (χ4n) is 7.26. The van der Waals surface area contributed by atoms with E-state index in [-0.39, 0.29) is 29.8 Å². The number of H-pyrrole nitrogens is 1. The van der Waals surface area contributed by atoms with Gasteiger partial charge in [-0.15, -0.1) is 11.8 Å². The summed E-state index contributed by atoms with van der Waals surface area (Å²) >= 11 is 1.70. The van der Waals surface area contributed by atoms with Crippen LogP contribution in [0.15, 0.2) is 42.6 Å². The zero-order chi connectivity index (χ0) is 30.7. The Morgan fingerprint density at radius 3 is 2.70 bits per heavy atom. The molecule has 2 N–H and O–H groups in total. The lowest BCUT2D eigenvalue weighted by Gasteiger charge is -2.47. The molecule has 0 bridgehead atoms. The summed E-state index contributed by atoms with van der Waals surface area (Å²) in [6.45, 7) is 14.5. The number of carbonyl (C=O) groups excluding carboxylic acids is 2. The molecule has 43 heavy (non-hydrogen) atoms. The Morgan fingerprint density at radius 2 is 1.98 bits per heavy atom. The second-order valence-corrected chi connectivity index (χ2v) is 14.3. The minimum atomic E-state index is -0.223. The van der Waals surface area contributed by atoms with Crippen molar-refractivity contribution in [2.24, 2.45) is 11.8 Å². The molecule has 7 heteroatoms.